The summed E-state index contributed by atoms with van der Waals surface area (Å²) < 4.78 is 13.2. The van der Waals surface area contributed by atoms with Crippen LogP contribution in [0.3, 0.4) is 0 Å². The molecule has 2 aliphatic rings. The van der Waals surface area contributed by atoms with Crippen molar-refractivity contribution in [2.45, 2.75) is 6.04 Å². The Morgan fingerprint density at radius 3 is 2.89 bits per heavy atom. The van der Waals surface area contributed by atoms with Crippen molar-refractivity contribution in [2.24, 2.45) is 0 Å². The molecule has 5 nitrogen and oxygen atoms in total. The lowest BCUT2D eigenvalue weighted by Crippen LogP contribution is -2.65. The summed E-state index contributed by atoms with van der Waals surface area (Å²) in [7, 11) is 0. The van der Waals surface area contributed by atoms with Crippen LogP contribution in [-0.4, -0.2) is 48.9 Å². The molecule has 1 N–H and O–H groups in total. The number of halogens is 1. The van der Waals surface area contributed by atoms with Gasteiger partial charge in [0.25, 0.3) is 0 Å². The zero-order chi connectivity index (χ0) is 13.4. The van der Waals surface area contributed by atoms with Gasteiger partial charge in [0.05, 0.1) is 12.6 Å². The van der Waals surface area contributed by atoms with Crippen molar-refractivity contribution in [3.05, 3.63) is 30.1 Å². The van der Waals surface area contributed by atoms with Crippen LogP contribution < -0.4 is 10.2 Å². The first kappa shape index (κ1) is 12.1. The van der Waals surface area contributed by atoms with Crippen LogP contribution in [0.2, 0.25) is 0 Å². The Morgan fingerprint density at radius 2 is 2.11 bits per heavy atom. The fraction of sp³-hybridized carbons (Fsp3) is 0.385. The highest BCUT2D eigenvalue weighted by atomic mass is 19.1. The van der Waals surface area contributed by atoms with E-state index in [1.165, 1.54) is 12.1 Å². The first-order valence-corrected chi connectivity index (χ1v) is 6.21. The molecule has 0 saturated carbocycles. The highest BCUT2D eigenvalue weighted by Crippen LogP contribution is 2.21. The number of benzene rings is 1. The first-order valence-electron chi connectivity index (χ1n) is 6.21. The van der Waals surface area contributed by atoms with Crippen LogP contribution in [0.15, 0.2) is 24.3 Å². The molecule has 3 rings (SSSR count). The highest BCUT2D eigenvalue weighted by Gasteiger charge is 2.37. The third kappa shape index (κ3) is 2.19. The van der Waals surface area contributed by atoms with Crippen molar-refractivity contribution >= 4 is 17.5 Å². The van der Waals surface area contributed by atoms with Gasteiger partial charge < -0.3 is 15.1 Å². The van der Waals surface area contributed by atoms with Gasteiger partial charge in [-0.05, 0) is 18.2 Å². The van der Waals surface area contributed by atoms with Gasteiger partial charge in [-0.15, -0.1) is 0 Å². The van der Waals surface area contributed by atoms with Crippen molar-refractivity contribution in [2.75, 3.05) is 31.1 Å². The summed E-state index contributed by atoms with van der Waals surface area (Å²) in [6.07, 6.45) is 0. The lowest BCUT2D eigenvalue weighted by atomic mass is 10.1. The van der Waals surface area contributed by atoms with E-state index in [9.17, 15) is 14.0 Å². The average Bonchev–Trinajstić information content (AvgIpc) is 2.39. The summed E-state index contributed by atoms with van der Waals surface area (Å²) in [6, 6.07) is 5.92. The number of rotatable bonds is 1. The molecule has 0 aliphatic carbocycles. The fourth-order valence-electron chi connectivity index (χ4n) is 2.58. The summed E-state index contributed by atoms with van der Waals surface area (Å²) in [5.41, 5.74) is 0.544. The van der Waals surface area contributed by atoms with Crippen LogP contribution in [0.5, 0.6) is 0 Å². The van der Waals surface area contributed by atoms with E-state index >= 15 is 0 Å². The zero-order valence-electron chi connectivity index (χ0n) is 10.3. The van der Waals surface area contributed by atoms with Crippen LogP contribution in [-0.2, 0) is 9.59 Å². The Balaban J connectivity index is 1.85. The summed E-state index contributed by atoms with van der Waals surface area (Å²) in [6.45, 7) is 1.41. The Kier molecular flexibility index (Phi) is 2.94. The Morgan fingerprint density at radius 1 is 1.26 bits per heavy atom. The maximum atomic E-state index is 13.2. The maximum absolute atomic E-state index is 13.2. The van der Waals surface area contributed by atoms with E-state index in [0.717, 1.165) is 0 Å². The molecule has 0 spiro atoms. The number of piperazine rings is 2. The molecular weight excluding hydrogens is 249 g/mol. The van der Waals surface area contributed by atoms with Crippen LogP contribution in [0, 0.1) is 5.82 Å². The molecule has 1 atom stereocenters. The molecule has 1 aromatic rings. The lowest BCUT2D eigenvalue weighted by Gasteiger charge is -2.43. The van der Waals surface area contributed by atoms with Gasteiger partial charge in [-0.25, -0.2) is 4.39 Å². The molecule has 0 radical (unpaired) electrons. The molecule has 2 amide bonds. The summed E-state index contributed by atoms with van der Waals surface area (Å²) >= 11 is 0. The van der Waals surface area contributed by atoms with Crippen molar-refractivity contribution < 1.29 is 14.0 Å². The van der Waals surface area contributed by atoms with Gasteiger partial charge in [-0.3, -0.25) is 9.59 Å². The second kappa shape index (κ2) is 4.62. The minimum Gasteiger partial charge on any atom is -0.326 e. The van der Waals surface area contributed by atoms with Crippen molar-refractivity contribution in [3.63, 3.8) is 0 Å². The predicted octanol–water partition coefficient (Wildman–Crippen LogP) is -0.0273. The minimum atomic E-state index is -0.370. The molecule has 1 aromatic carbocycles. The first-order chi connectivity index (χ1) is 9.15. The monoisotopic (exact) mass is 263 g/mol. The largest absolute Gasteiger partial charge is 0.326 e. The summed E-state index contributed by atoms with van der Waals surface area (Å²) in [4.78, 5) is 27.0. The van der Waals surface area contributed by atoms with E-state index in [1.54, 1.807) is 21.9 Å². The molecule has 6 heteroatoms. The van der Waals surface area contributed by atoms with E-state index in [2.05, 4.69) is 5.32 Å². The number of fused-ring (bicyclic) bond motifs is 1. The SMILES string of the molecule is O=C1CN2C(=O)CNCC2CN1c1cccc(F)c1. The normalized spacial score (nSPS) is 23.5. The van der Waals surface area contributed by atoms with Crippen LogP contribution in [0.1, 0.15) is 0 Å². The van der Waals surface area contributed by atoms with Gasteiger partial charge in [0, 0.05) is 18.8 Å². The van der Waals surface area contributed by atoms with Gasteiger partial charge in [-0.2, -0.15) is 0 Å². The molecular formula is C13H14FN3O2. The fourth-order valence-corrected chi connectivity index (χ4v) is 2.58. The van der Waals surface area contributed by atoms with Crippen molar-refractivity contribution in [1.29, 1.82) is 0 Å². The second-order valence-electron chi connectivity index (χ2n) is 4.79. The highest BCUT2D eigenvalue weighted by molar-refractivity contribution is 5.98. The number of hydrogen-bond donors (Lipinski definition) is 1. The van der Waals surface area contributed by atoms with Gasteiger partial charge >= 0.3 is 0 Å². The molecule has 0 bridgehead atoms. The number of carbonyl (C=O) groups excluding carboxylic acids is 2. The molecule has 2 saturated heterocycles. The topological polar surface area (TPSA) is 52.7 Å². The van der Waals surface area contributed by atoms with Crippen LogP contribution in [0.25, 0.3) is 0 Å². The molecule has 2 heterocycles. The number of anilines is 1. The quantitative estimate of drug-likeness (QED) is 0.774. The molecule has 1 unspecified atom stereocenters. The second-order valence-corrected chi connectivity index (χ2v) is 4.79. The number of carbonyl (C=O) groups is 2. The van der Waals surface area contributed by atoms with Gasteiger partial charge in [0.2, 0.25) is 11.8 Å². The molecule has 100 valence electrons. The van der Waals surface area contributed by atoms with Gasteiger partial charge in [0.1, 0.15) is 12.4 Å². The maximum Gasteiger partial charge on any atom is 0.246 e. The lowest BCUT2D eigenvalue weighted by molar-refractivity contribution is -0.141. The Labute approximate surface area is 110 Å². The number of nitrogens with zero attached hydrogens (tertiary/aromatic N) is 2. The standard InChI is InChI=1S/C13H14FN3O2/c14-9-2-1-3-10(4-9)16-7-11-5-15-6-12(18)17(11)8-13(16)19/h1-4,11,15H,5-8H2. The predicted molar refractivity (Wildman–Crippen MR) is 67.1 cm³/mol. The summed E-state index contributed by atoms with van der Waals surface area (Å²) in [5, 5.41) is 3.03. The van der Waals surface area contributed by atoms with Crippen LogP contribution in [0.4, 0.5) is 10.1 Å². The van der Waals surface area contributed by atoms with E-state index in [-0.39, 0.29) is 36.8 Å². The number of hydrogen-bond acceptors (Lipinski definition) is 3. The molecule has 0 aromatic heterocycles. The van der Waals surface area contributed by atoms with E-state index in [0.29, 0.717) is 18.8 Å². The zero-order valence-corrected chi connectivity index (χ0v) is 10.3. The van der Waals surface area contributed by atoms with Crippen LogP contribution >= 0.6 is 0 Å². The minimum absolute atomic E-state index is 0.0396. The summed E-state index contributed by atoms with van der Waals surface area (Å²) in [5.74, 6) is -0.592. The van der Waals surface area contributed by atoms with Crippen molar-refractivity contribution in [1.82, 2.24) is 10.2 Å². The van der Waals surface area contributed by atoms with Crippen molar-refractivity contribution in [3.8, 4) is 0 Å². The third-order valence-electron chi connectivity index (χ3n) is 3.54. The molecule has 2 fully saturated rings. The molecule has 19 heavy (non-hydrogen) atoms. The van der Waals surface area contributed by atoms with E-state index < -0.39 is 0 Å². The van der Waals surface area contributed by atoms with E-state index in [4.69, 9.17) is 0 Å². The molecule has 2 aliphatic heterocycles. The number of amides is 2. The Hall–Kier alpha value is -1.95. The number of nitrogens with one attached hydrogen (secondary N) is 1. The third-order valence-corrected chi connectivity index (χ3v) is 3.54. The van der Waals surface area contributed by atoms with E-state index in [1.807, 2.05) is 0 Å². The smallest absolute Gasteiger partial charge is 0.246 e. The average molecular weight is 263 g/mol. The van der Waals surface area contributed by atoms with Gasteiger partial charge in [0.15, 0.2) is 0 Å². The Bertz CT molecular complexity index is 534. The van der Waals surface area contributed by atoms with Gasteiger partial charge in [-0.1, -0.05) is 6.07 Å².